The third-order valence-corrected chi connectivity index (χ3v) is 2.96. The molecule has 1 aliphatic rings. The summed E-state index contributed by atoms with van der Waals surface area (Å²) >= 11 is 3.45. The number of halogens is 1. The number of benzene rings is 1. The van der Waals surface area contributed by atoms with Crippen molar-refractivity contribution in [1.29, 1.82) is 0 Å². The second-order valence-corrected chi connectivity index (χ2v) is 4.90. The van der Waals surface area contributed by atoms with Crippen LogP contribution in [-0.2, 0) is 4.74 Å². The molecule has 0 aliphatic carbocycles. The molecule has 1 saturated heterocycles. The number of hydrogen-bond acceptors (Lipinski definition) is 2. The third kappa shape index (κ3) is 1.66. The fourth-order valence-electron chi connectivity index (χ4n) is 1.62. The highest BCUT2D eigenvalue weighted by Crippen LogP contribution is 2.51. The van der Waals surface area contributed by atoms with E-state index in [1.54, 1.807) is 7.11 Å². The van der Waals surface area contributed by atoms with Crippen molar-refractivity contribution in [1.82, 2.24) is 0 Å². The molecule has 2 nitrogen and oxygen atoms in total. The van der Waals surface area contributed by atoms with Crippen LogP contribution < -0.4 is 4.74 Å². The van der Waals surface area contributed by atoms with Crippen LogP contribution in [0.25, 0.3) is 0 Å². The maximum Gasteiger partial charge on any atom is 0.124 e. The first-order valence-corrected chi connectivity index (χ1v) is 5.35. The van der Waals surface area contributed by atoms with Gasteiger partial charge < -0.3 is 9.47 Å². The zero-order valence-corrected chi connectivity index (χ0v) is 10.1. The summed E-state index contributed by atoms with van der Waals surface area (Å²) in [6, 6.07) is 5.98. The predicted molar refractivity (Wildman–Crippen MR) is 58.6 cm³/mol. The average molecular weight is 257 g/mol. The maximum atomic E-state index is 5.59. The SMILES string of the molecule is COc1ccc(Br)cc1C1OC1(C)C. The van der Waals surface area contributed by atoms with E-state index in [2.05, 4.69) is 35.8 Å². The van der Waals surface area contributed by atoms with Gasteiger partial charge in [0, 0.05) is 10.0 Å². The van der Waals surface area contributed by atoms with Crippen LogP contribution in [0.15, 0.2) is 22.7 Å². The largest absolute Gasteiger partial charge is 0.496 e. The van der Waals surface area contributed by atoms with Gasteiger partial charge in [-0.05, 0) is 32.0 Å². The quantitative estimate of drug-likeness (QED) is 0.758. The highest BCUT2D eigenvalue weighted by molar-refractivity contribution is 9.10. The van der Waals surface area contributed by atoms with E-state index in [1.165, 1.54) is 0 Å². The van der Waals surface area contributed by atoms with Crippen molar-refractivity contribution in [2.45, 2.75) is 25.6 Å². The monoisotopic (exact) mass is 256 g/mol. The number of methoxy groups -OCH3 is 1. The minimum atomic E-state index is -0.0475. The lowest BCUT2D eigenvalue weighted by Gasteiger charge is -2.07. The van der Waals surface area contributed by atoms with Crippen LogP contribution in [0.4, 0.5) is 0 Å². The van der Waals surface area contributed by atoms with Gasteiger partial charge in [0.15, 0.2) is 0 Å². The van der Waals surface area contributed by atoms with Gasteiger partial charge in [0.2, 0.25) is 0 Å². The molecule has 0 amide bonds. The number of epoxide rings is 1. The van der Waals surface area contributed by atoms with Gasteiger partial charge in [-0.2, -0.15) is 0 Å². The van der Waals surface area contributed by atoms with Gasteiger partial charge in [-0.3, -0.25) is 0 Å². The molecule has 0 spiro atoms. The van der Waals surface area contributed by atoms with Crippen molar-refractivity contribution >= 4 is 15.9 Å². The van der Waals surface area contributed by atoms with Gasteiger partial charge in [0.25, 0.3) is 0 Å². The molecule has 2 rings (SSSR count). The molecule has 76 valence electrons. The van der Waals surface area contributed by atoms with Crippen LogP contribution in [0.1, 0.15) is 25.5 Å². The van der Waals surface area contributed by atoms with Crippen LogP contribution >= 0.6 is 15.9 Å². The van der Waals surface area contributed by atoms with Crippen molar-refractivity contribution in [3.05, 3.63) is 28.2 Å². The fourth-order valence-corrected chi connectivity index (χ4v) is 2.00. The molecule has 1 aliphatic heterocycles. The predicted octanol–water partition coefficient (Wildman–Crippen LogP) is 3.31. The molecule has 1 atom stereocenters. The number of ether oxygens (including phenoxy) is 2. The highest BCUT2D eigenvalue weighted by atomic mass is 79.9. The van der Waals surface area contributed by atoms with E-state index in [0.717, 1.165) is 15.8 Å². The summed E-state index contributed by atoms with van der Waals surface area (Å²) in [7, 11) is 1.68. The van der Waals surface area contributed by atoms with Gasteiger partial charge in [-0.1, -0.05) is 15.9 Å². The van der Waals surface area contributed by atoms with Crippen LogP contribution in [0.3, 0.4) is 0 Å². The molecular formula is C11H13BrO2. The first-order valence-electron chi connectivity index (χ1n) is 4.56. The standard InChI is InChI=1S/C11H13BrO2/c1-11(2)10(14-11)8-6-7(12)4-5-9(8)13-3/h4-6,10H,1-3H3. The zero-order chi connectivity index (χ0) is 10.3. The Labute approximate surface area is 92.3 Å². The smallest absolute Gasteiger partial charge is 0.124 e. The first-order chi connectivity index (χ1) is 6.54. The third-order valence-electron chi connectivity index (χ3n) is 2.47. The van der Waals surface area contributed by atoms with Crippen LogP contribution in [-0.4, -0.2) is 12.7 Å². The molecule has 1 unspecified atom stereocenters. The Morgan fingerprint density at radius 3 is 2.57 bits per heavy atom. The molecule has 3 heteroatoms. The molecule has 0 saturated carbocycles. The fraction of sp³-hybridized carbons (Fsp3) is 0.455. The molecular weight excluding hydrogens is 244 g/mol. The summed E-state index contributed by atoms with van der Waals surface area (Å²) in [6.45, 7) is 4.16. The first kappa shape index (κ1) is 9.99. The van der Waals surface area contributed by atoms with Crippen LogP contribution in [0.5, 0.6) is 5.75 Å². The maximum absolute atomic E-state index is 5.59. The Morgan fingerprint density at radius 1 is 1.43 bits per heavy atom. The summed E-state index contributed by atoms with van der Waals surface area (Å²) < 4.78 is 11.9. The Balaban J connectivity index is 2.37. The summed E-state index contributed by atoms with van der Waals surface area (Å²) in [6.07, 6.45) is 0.162. The van der Waals surface area contributed by atoms with E-state index in [4.69, 9.17) is 9.47 Å². The highest BCUT2D eigenvalue weighted by Gasteiger charge is 2.50. The lowest BCUT2D eigenvalue weighted by atomic mass is 10.0. The van der Waals surface area contributed by atoms with Crippen molar-refractivity contribution in [2.24, 2.45) is 0 Å². The zero-order valence-electron chi connectivity index (χ0n) is 8.50. The van der Waals surface area contributed by atoms with Crippen LogP contribution in [0.2, 0.25) is 0 Å². The van der Waals surface area contributed by atoms with Gasteiger partial charge in [0.05, 0.1) is 12.7 Å². The molecule has 0 N–H and O–H groups in total. The topological polar surface area (TPSA) is 21.8 Å². The van der Waals surface area contributed by atoms with E-state index < -0.39 is 0 Å². The van der Waals surface area contributed by atoms with E-state index in [0.29, 0.717) is 0 Å². The summed E-state index contributed by atoms with van der Waals surface area (Å²) in [5.41, 5.74) is 1.07. The minimum Gasteiger partial charge on any atom is -0.496 e. The van der Waals surface area contributed by atoms with E-state index in [-0.39, 0.29) is 11.7 Å². The molecule has 1 heterocycles. The molecule has 1 aromatic rings. The Morgan fingerprint density at radius 2 is 2.07 bits per heavy atom. The molecule has 14 heavy (non-hydrogen) atoms. The molecule has 1 fully saturated rings. The molecule has 0 radical (unpaired) electrons. The molecule has 0 bridgehead atoms. The summed E-state index contributed by atoms with van der Waals surface area (Å²) in [5.74, 6) is 0.892. The van der Waals surface area contributed by atoms with Crippen LogP contribution in [0, 0.1) is 0 Å². The van der Waals surface area contributed by atoms with E-state index in [1.807, 2.05) is 12.1 Å². The second kappa shape index (κ2) is 3.24. The average Bonchev–Trinajstić information content (AvgIpc) is 2.75. The molecule has 1 aromatic carbocycles. The normalized spacial score (nSPS) is 23.3. The summed E-state index contributed by atoms with van der Waals surface area (Å²) in [4.78, 5) is 0. The lowest BCUT2D eigenvalue weighted by Crippen LogP contribution is -1.99. The van der Waals surface area contributed by atoms with E-state index in [9.17, 15) is 0 Å². The van der Waals surface area contributed by atoms with Crippen molar-refractivity contribution in [2.75, 3.05) is 7.11 Å². The van der Waals surface area contributed by atoms with Gasteiger partial charge in [0.1, 0.15) is 11.9 Å². The van der Waals surface area contributed by atoms with Gasteiger partial charge in [-0.15, -0.1) is 0 Å². The number of hydrogen-bond donors (Lipinski definition) is 0. The van der Waals surface area contributed by atoms with Crippen molar-refractivity contribution in [3.8, 4) is 5.75 Å². The minimum absolute atomic E-state index is 0.0475. The van der Waals surface area contributed by atoms with E-state index >= 15 is 0 Å². The van der Waals surface area contributed by atoms with Gasteiger partial charge >= 0.3 is 0 Å². The van der Waals surface area contributed by atoms with Crippen molar-refractivity contribution < 1.29 is 9.47 Å². The Bertz CT molecular complexity index is 360. The van der Waals surface area contributed by atoms with Gasteiger partial charge in [-0.25, -0.2) is 0 Å². The second-order valence-electron chi connectivity index (χ2n) is 3.99. The summed E-state index contributed by atoms with van der Waals surface area (Å²) in [5, 5.41) is 0. The van der Waals surface area contributed by atoms with Crippen molar-refractivity contribution in [3.63, 3.8) is 0 Å². The Hall–Kier alpha value is -0.540. The number of rotatable bonds is 2. The molecule has 0 aromatic heterocycles. The Kier molecular flexibility index (Phi) is 2.32. The lowest BCUT2D eigenvalue weighted by molar-refractivity contribution is 0.322.